The summed E-state index contributed by atoms with van der Waals surface area (Å²) in [5, 5.41) is 1.24. The summed E-state index contributed by atoms with van der Waals surface area (Å²) >= 11 is 8.20. The summed E-state index contributed by atoms with van der Waals surface area (Å²) in [5.74, 6) is 1.71. The van der Waals surface area contributed by atoms with Gasteiger partial charge >= 0.3 is 0 Å². The number of benzene rings is 1. The Morgan fingerprint density at radius 3 is 2.85 bits per heavy atom. The summed E-state index contributed by atoms with van der Waals surface area (Å²) < 4.78 is 0. The second-order valence-electron chi connectivity index (χ2n) is 5.65. The lowest BCUT2D eigenvalue weighted by molar-refractivity contribution is -0.131. The van der Waals surface area contributed by atoms with Gasteiger partial charge in [0.05, 0.1) is 0 Å². The zero-order valence-electron chi connectivity index (χ0n) is 12.1. The standard InChI is InChI=1S/C16H22ClNOS/c1-12(2)11-16(19)18-8-7-15(20-10-9-18)13-5-3-4-6-14(13)17/h3-6,12,15H,7-11H2,1-2H3. The highest BCUT2D eigenvalue weighted by atomic mass is 35.5. The molecule has 1 saturated heterocycles. The third-order valence-electron chi connectivity index (χ3n) is 3.53. The Kier molecular flexibility index (Phi) is 5.79. The molecule has 0 radical (unpaired) electrons. The fourth-order valence-corrected chi connectivity index (χ4v) is 4.08. The van der Waals surface area contributed by atoms with Crippen molar-refractivity contribution >= 4 is 29.3 Å². The lowest BCUT2D eigenvalue weighted by Gasteiger charge is -2.21. The molecule has 1 fully saturated rings. The smallest absolute Gasteiger partial charge is 0.222 e. The lowest BCUT2D eigenvalue weighted by Crippen LogP contribution is -2.33. The molecule has 1 atom stereocenters. The molecule has 0 aromatic heterocycles. The fraction of sp³-hybridized carbons (Fsp3) is 0.562. The van der Waals surface area contributed by atoms with Gasteiger partial charge in [-0.3, -0.25) is 4.79 Å². The first-order valence-corrected chi connectivity index (χ1v) is 8.64. The summed E-state index contributed by atoms with van der Waals surface area (Å²) in [6.07, 6.45) is 1.64. The van der Waals surface area contributed by atoms with Crippen LogP contribution in [0.15, 0.2) is 24.3 Å². The highest BCUT2D eigenvalue weighted by Gasteiger charge is 2.23. The van der Waals surface area contributed by atoms with E-state index in [4.69, 9.17) is 11.6 Å². The van der Waals surface area contributed by atoms with Gasteiger partial charge in [-0.05, 0) is 24.0 Å². The Morgan fingerprint density at radius 2 is 2.15 bits per heavy atom. The molecular formula is C16H22ClNOS. The van der Waals surface area contributed by atoms with Crippen molar-refractivity contribution in [2.45, 2.75) is 31.9 Å². The van der Waals surface area contributed by atoms with Crippen LogP contribution in [0.5, 0.6) is 0 Å². The molecule has 1 aliphatic rings. The molecule has 1 heterocycles. The first kappa shape index (κ1) is 15.7. The molecule has 20 heavy (non-hydrogen) atoms. The number of rotatable bonds is 3. The number of hydrogen-bond donors (Lipinski definition) is 0. The zero-order valence-corrected chi connectivity index (χ0v) is 13.7. The Morgan fingerprint density at radius 1 is 1.40 bits per heavy atom. The normalized spacial score (nSPS) is 20.0. The number of halogens is 1. The minimum atomic E-state index is 0.292. The molecule has 0 aliphatic carbocycles. The SMILES string of the molecule is CC(C)CC(=O)N1CCSC(c2ccccc2Cl)CC1. The zero-order chi connectivity index (χ0) is 14.5. The van der Waals surface area contributed by atoms with E-state index in [1.54, 1.807) is 0 Å². The average molecular weight is 312 g/mol. The Labute approximate surface area is 130 Å². The molecule has 110 valence electrons. The molecule has 0 spiro atoms. The summed E-state index contributed by atoms with van der Waals surface area (Å²) in [7, 11) is 0. The van der Waals surface area contributed by atoms with Crippen LogP contribution in [-0.4, -0.2) is 29.6 Å². The van der Waals surface area contributed by atoms with Gasteiger partial charge in [0.1, 0.15) is 0 Å². The van der Waals surface area contributed by atoms with Crippen LogP contribution in [0.25, 0.3) is 0 Å². The van der Waals surface area contributed by atoms with Gasteiger partial charge in [0.2, 0.25) is 5.91 Å². The quantitative estimate of drug-likeness (QED) is 0.825. The average Bonchev–Trinajstić information content (AvgIpc) is 2.64. The molecule has 0 N–H and O–H groups in total. The minimum absolute atomic E-state index is 0.292. The third-order valence-corrected chi connectivity index (χ3v) is 5.18. The number of hydrogen-bond acceptors (Lipinski definition) is 2. The van der Waals surface area contributed by atoms with Gasteiger partial charge in [0.25, 0.3) is 0 Å². The lowest BCUT2D eigenvalue weighted by atomic mass is 10.1. The molecule has 4 heteroatoms. The summed E-state index contributed by atoms with van der Waals surface area (Å²) in [5.41, 5.74) is 1.21. The van der Waals surface area contributed by atoms with E-state index in [1.807, 2.05) is 34.9 Å². The number of carbonyl (C=O) groups excluding carboxylic acids is 1. The van der Waals surface area contributed by atoms with Crippen LogP contribution in [0, 0.1) is 5.92 Å². The van der Waals surface area contributed by atoms with E-state index in [2.05, 4.69) is 19.9 Å². The second kappa shape index (κ2) is 7.37. The maximum Gasteiger partial charge on any atom is 0.222 e. The van der Waals surface area contributed by atoms with Gasteiger partial charge < -0.3 is 4.90 Å². The van der Waals surface area contributed by atoms with Gasteiger partial charge in [0, 0.05) is 35.5 Å². The maximum atomic E-state index is 12.2. The highest BCUT2D eigenvalue weighted by molar-refractivity contribution is 7.99. The summed E-state index contributed by atoms with van der Waals surface area (Å²) in [6.45, 7) is 5.89. The monoisotopic (exact) mass is 311 g/mol. The first-order chi connectivity index (χ1) is 9.58. The molecule has 2 nitrogen and oxygen atoms in total. The van der Waals surface area contributed by atoms with Crippen molar-refractivity contribution in [3.05, 3.63) is 34.9 Å². The van der Waals surface area contributed by atoms with Crippen molar-refractivity contribution in [3.8, 4) is 0 Å². The molecule has 1 aliphatic heterocycles. The summed E-state index contributed by atoms with van der Waals surface area (Å²) in [6, 6.07) is 8.05. The molecule has 1 amide bonds. The van der Waals surface area contributed by atoms with Gasteiger partial charge in [0.15, 0.2) is 0 Å². The van der Waals surface area contributed by atoms with E-state index in [9.17, 15) is 4.79 Å². The Balaban J connectivity index is 1.99. The van der Waals surface area contributed by atoms with Crippen molar-refractivity contribution in [2.24, 2.45) is 5.92 Å². The molecule has 2 rings (SSSR count). The third kappa shape index (κ3) is 4.16. The molecule has 1 unspecified atom stereocenters. The van der Waals surface area contributed by atoms with Crippen LogP contribution >= 0.6 is 23.4 Å². The Bertz CT molecular complexity index is 464. The second-order valence-corrected chi connectivity index (χ2v) is 7.37. The number of nitrogens with zero attached hydrogens (tertiary/aromatic N) is 1. The van der Waals surface area contributed by atoms with E-state index in [1.165, 1.54) is 5.56 Å². The van der Waals surface area contributed by atoms with Crippen LogP contribution in [0.1, 0.15) is 37.5 Å². The minimum Gasteiger partial charge on any atom is -0.342 e. The van der Waals surface area contributed by atoms with Crippen molar-refractivity contribution < 1.29 is 4.79 Å². The Hall–Kier alpha value is -0.670. The van der Waals surface area contributed by atoms with Crippen LogP contribution in [-0.2, 0) is 4.79 Å². The van der Waals surface area contributed by atoms with Crippen LogP contribution < -0.4 is 0 Å². The van der Waals surface area contributed by atoms with Crippen molar-refractivity contribution in [1.82, 2.24) is 4.90 Å². The van der Waals surface area contributed by atoms with Crippen molar-refractivity contribution in [3.63, 3.8) is 0 Å². The number of amides is 1. The van der Waals surface area contributed by atoms with E-state index < -0.39 is 0 Å². The molecule has 0 saturated carbocycles. The van der Waals surface area contributed by atoms with Crippen LogP contribution in [0.4, 0.5) is 0 Å². The van der Waals surface area contributed by atoms with Gasteiger partial charge in [-0.2, -0.15) is 11.8 Å². The van der Waals surface area contributed by atoms with Crippen LogP contribution in [0.3, 0.4) is 0 Å². The highest BCUT2D eigenvalue weighted by Crippen LogP contribution is 2.37. The maximum absolute atomic E-state index is 12.2. The molecule has 1 aromatic carbocycles. The predicted octanol–water partition coefficient (Wildman–Crippen LogP) is 4.39. The van der Waals surface area contributed by atoms with E-state index >= 15 is 0 Å². The molecule has 0 bridgehead atoms. The van der Waals surface area contributed by atoms with E-state index in [-0.39, 0.29) is 0 Å². The molecular weight excluding hydrogens is 290 g/mol. The topological polar surface area (TPSA) is 20.3 Å². The van der Waals surface area contributed by atoms with Crippen molar-refractivity contribution in [2.75, 3.05) is 18.8 Å². The first-order valence-electron chi connectivity index (χ1n) is 7.21. The molecule has 1 aromatic rings. The van der Waals surface area contributed by atoms with E-state index in [0.717, 1.165) is 30.3 Å². The van der Waals surface area contributed by atoms with Gasteiger partial charge in [-0.1, -0.05) is 43.6 Å². The fourth-order valence-electron chi connectivity index (χ4n) is 2.48. The van der Waals surface area contributed by atoms with E-state index in [0.29, 0.717) is 23.5 Å². The number of carbonyl (C=O) groups is 1. The van der Waals surface area contributed by atoms with Crippen LogP contribution in [0.2, 0.25) is 5.02 Å². The number of thioether (sulfide) groups is 1. The van der Waals surface area contributed by atoms with Crippen molar-refractivity contribution in [1.29, 1.82) is 0 Å². The van der Waals surface area contributed by atoms with Gasteiger partial charge in [-0.25, -0.2) is 0 Å². The summed E-state index contributed by atoms with van der Waals surface area (Å²) in [4.78, 5) is 14.2. The largest absolute Gasteiger partial charge is 0.342 e. The van der Waals surface area contributed by atoms with Gasteiger partial charge in [-0.15, -0.1) is 0 Å². The predicted molar refractivity (Wildman–Crippen MR) is 87.3 cm³/mol.